The minimum atomic E-state index is -1.60. The first-order chi connectivity index (χ1) is 17.8. The number of anilines is 1. The number of carboxylic acids is 1. The summed E-state index contributed by atoms with van der Waals surface area (Å²) in [7, 11) is 0. The van der Waals surface area contributed by atoms with Gasteiger partial charge in [-0.2, -0.15) is 4.37 Å². The van der Waals surface area contributed by atoms with E-state index in [4.69, 9.17) is 10.8 Å². The zero-order chi connectivity index (χ0) is 26.7. The number of aliphatic hydroxyl groups is 1. The highest BCUT2D eigenvalue weighted by molar-refractivity contribution is 8.00. The zero-order valence-electron chi connectivity index (χ0n) is 19.3. The van der Waals surface area contributed by atoms with Gasteiger partial charge in [-0.15, -0.1) is 16.7 Å². The molecular formula is C20H24N8O7S2. The van der Waals surface area contributed by atoms with E-state index in [1.54, 1.807) is 4.90 Å². The second kappa shape index (κ2) is 11.3. The molecule has 0 bridgehead atoms. The van der Waals surface area contributed by atoms with Gasteiger partial charge in [-0.3, -0.25) is 19.3 Å². The van der Waals surface area contributed by atoms with Gasteiger partial charge in [0.1, 0.15) is 17.1 Å². The van der Waals surface area contributed by atoms with Gasteiger partial charge in [-0.1, -0.05) is 0 Å². The normalized spacial score (nSPS) is 23.2. The van der Waals surface area contributed by atoms with Crippen LogP contribution in [0, 0.1) is 4.91 Å². The molecule has 2 saturated heterocycles. The second-order valence-electron chi connectivity index (χ2n) is 8.26. The maximum atomic E-state index is 12.9. The van der Waals surface area contributed by atoms with Crippen molar-refractivity contribution in [2.75, 3.05) is 44.3 Å². The molecule has 2 fully saturated rings. The lowest BCUT2D eigenvalue weighted by Gasteiger charge is -2.49. The molecule has 3 atom stereocenters. The highest BCUT2D eigenvalue weighted by Crippen LogP contribution is 2.41. The van der Waals surface area contributed by atoms with Crippen LogP contribution in [0.3, 0.4) is 0 Å². The Morgan fingerprint density at radius 2 is 2.11 bits per heavy atom. The fourth-order valence-corrected chi connectivity index (χ4v) is 5.97. The van der Waals surface area contributed by atoms with Crippen LogP contribution in [0.5, 0.6) is 0 Å². The molecule has 17 heteroatoms. The molecular weight excluding hydrogens is 528 g/mol. The molecule has 0 aliphatic carbocycles. The molecule has 3 amide bonds. The number of carboxylic acid groups (broad SMARTS) is 1. The van der Waals surface area contributed by atoms with Gasteiger partial charge in [0.2, 0.25) is 11.9 Å². The van der Waals surface area contributed by atoms with Crippen LogP contribution in [0.2, 0.25) is 0 Å². The van der Waals surface area contributed by atoms with E-state index in [9.17, 15) is 29.2 Å². The van der Waals surface area contributed by atoms with E-state index in [1.165, 1.54) is 17.8 Å². The van der Waals surface area contributed by atoms with Crippen molar-refractivity contribution in [3.8, 4) is 0 Å². The Balaban J connectivity index is 1.46. The third-order valence-electron chi connectivity index (χ3n) is 5.96. The van der Waals surface area contributed by atoms with E-state index in [2.05, 4.69) is 25.2 Å². The molecule has 4 rings (SSSR count). The second-order valence-corrected chi connectivity index (χ2v) is 10.1. The van der Waals surface area contributed by atoms with Crippen molar-refractivity contribution in [3.63, 3.8) is 0 Å². The number of β-lactam (4-membered cyclic amide) rings is 1. The predicted molar refractivity (Wildman–Crippen MR) is 132 cm³/mol. The average molecular weight is 553 g/mol. The number of hydrogen-bond donors (Lipinski definition) is 5. The molecule has 4 heterocycles. The molecule has 0 radical (unpaired) electrons. The number of carbonyl (C=O) groups is 4. The molecule has 198 valence electrons. The summed E-state index contributed by atoms with van der Waals surface area (Å²) in [5.41, 5.74) is 6.01. The van der Waals surface area contributed by atoms with E-state index in [-0.39, 0.29) is 34.9 Å². The summed E-state index contributed by atoms with van der Waals surface area (Å²) in [6, 6.07) is -2.68. The summed E-state index contributed by atoms with van der Waals surface area (Å²) in [5, 5.41) is 26.2. The van der Waals surface area contributed by atoms with Crippen LogP contribution in [0.15, 0.2) is 28.1 Å². The number of hydrogen-bond acceptors (Lipinski definition) is 13. The number of fused-ring (bicyclic) bond motifs is 1. The zero-order valence-corrected chi connectivity index (χ0v) is 21.0. The Labute approximate surface area is 218 Å². The summed E-state index contributed by atoms with van der Waals surface area (Å²) in [4.78, 5) is 68.1. The Morgan fingerprint density at radius 3 is 2.76 bits per heavy atom. The first-order valence-electron chi connectivity index (χ1n) is 11.2. The van der Waals surface area contributed by atoms with Gasteiger partial charge >= 0.3 is 5.97 Å². The number of amides is 3. The van der Waals surface area contributed by atoms with E-state index < -0.39 is 35.2 Å². The topological polar surface area (TPSA) is 221 Å². The fourth-order valence-electron chi connectivity index (χ4n) is 4.20. The predicted octanol–water partition coefficient (Wildman–Crippen LogP) is -1.59. The first kappa shape index (κ1) is 26.6. The van der Waals surface area contributed by atoms with Crippen molar-refractivity contribution in [2.45, 2.75) is 23.9 Å². The Kier molecular flexibility index (Phi) is 8.16. The number of likely N-dealkylation sites (tertiary alicyclic amines) is 1. The summed E-state index contributed by atoms with van der Waals surface area (Å²) in [5.74, 6) is -3.10. The molecule has 6 N–H and O–H groups in total. The molecule has 1 aromatic heterocycles. The molecule has 0 saturated carbocycles. The minimum absolute atomic E-state index is 0.00365. The maximum absolute atomic E-state index is 12.9. The fraction of sp³-hybridized carbons (Fsp3) is 0.500. The summed E-state index contributed by atoms with van der Waals surface area (Å²) < 4.78 is 3.80. The molecule has 3 aliphatic heterocycles. The number of aromatic nitrogens is 2. The number of carbonyl (C=O) groups excluding carboxylic acids is 3. The molecule has 0 aromatic carbocycles. The van der Waals surface area contributed by atoms with Crippen molar-refractivity contribution in [1.82, 2.24) is 29.8 Å². The van der Waals surface area contributed by atoms with Crippen LogP contribution < -0.4 is 16.4 Å². The highest BCUT2D eigenvalue weighted by Gasteiger charge is 2.54. The summed E-state index contributed by atoms with van der Waals surface area (Å²) in [6.07, 6.45) is 1.96. The number of aliphatic carboxylic acids is 1. The number of nitrogens with one attached hydrogen (secondary N) is 2. The smallest absolute Gasteiger partial charge is 0.352 e. The van der Waals surface area contributed by atoms with Crippen LogP contribution in [0.25, 0.3) is 0 Å². The number of nitrogens with zero attached hydrogens (tertiary/aromatic N) is 5. The van der Waals surface area contributed by atoms with Crippen LogP contribution in [-0.4, -0.2) is 103 Å². The lowest BCUT2D eigenvalue weighted by Crippen LogP contribution is -2.70. The van der Waals surface area contributed by atoms with Gasteiger partial charge in [0, 0.05) is 49.0 Å². The average Bonchev–Trinajstić information content (AvgIpc) is 3.45. The molecule has 15 nitrogen and oxygen atoms in total. The Hall–Kier alpha value is -3.41. The van der Waals surface area contributed by atoms with Crippen LogP contribution in [-0.2, 0) is 19.2 Å². The van der Waals surface area contributed by atoms with Crippen LogP contribution in [0.1, 0.15) is 18.3 Å². The molecule has 37 heavy (non-hydrogen) atoms. The Bertz CT molecular complexity index is 1190. The number of nitroso groups, excluding NO2 is 1. The third-order valence-corrected chi connectivity index (χ3v) is 7.82. The monoisotopic (exact) mass is 552 g/mol. The number of aliphatic hydroxyl groups excluding tert-OH is 1. The van der Waals surface area contributed by atoms with E-state index in [0.717, 1.165) is 16.4 Å². The number of rotatable bonds is 11. The van der Waals surface area contributed by atoms with Gasteiger partial charge in [0.05, 0.1) is 6.61 Å². The van der Waals surface area contributed by atoms with Crippen LogP contribution in [0.4, 0.5) is 5.13 Å². The summed E-state index contributed by atoms with van der Waals surface area (Å²) in [6.45, 7) is 1.87. The lowest BCUT2D eigenvalue weighted by molar-refractivity contribution is -0.150. The standard InChI is InChI=1S/C20H24N8O7S2/c21-20-24-14(26-37-20)11(25-35)15(30)23-12-17(32)28-13(19(33)34)10(8-36-18(12)28)7-9-1-4-27(16(9)31)5-2-22-3-6-29/h7,11-12,18,22,29H,1-6,8H2,(H,23,30)(H,33,34)(H2,21,24,26). The summed E-state index contributed by atoms with van der Waals surface area (Å²) >= 11 is 2.02. The number of nitrogen functional groups attached to an aromatic ring is 1. The van der Waals surface area contributed by atoms with Crippen molar-refractivity contribution in [3.05, 3.63) is 33.7 Å². The third kappa shape index (κ3) is 5.34. The van der Waals surface area contributed by atoms with Crippen molar-refractivity contribution < 1.29 is 29.4 Å². The minimum Gasteiger partial charge on any atom is -0.477 e. The highest BCUT2D eigenvalue weighted by atomic mass is 32.2. The lowest BCUT2D eigenvalue weighted by atomic mass is 10.0. The first-order valence-corrected chi connectivity index (χ1v) is 13.0. The quantitative estimate of drug-likeness (QED) is 0.0907. The van der Waals surface area contributed by atoms with Gasteiger partial charge in [0.15, 0.2) is 11.0 Å². The van der Waals surface area contributed by atoms with Gasteiger partial charge in [-0.25, -0.2) is 9.78 Å². The van der Waals surface area contributed by atoms with Crippen molar-refractivity contribution in [2.24, 2.45) is 5.18 Å². The van der Waals surface area contributed by atoms with Crippen molar-refractivity contribution >= 4 is 52.1 Å². The number of nitrogens with two attached hydrogens (primary N) is 1. The molecule has 0 spiro atoms. The van der Waals surface area contributed by atoms with E-state index in [0.29, 0.717) is 43.7 Å². The van der Waals surface area contributed by atoms with Crippen molar-refractivity contribution in [1.29, 1.82) is 0 Å². The largest absolute Gasteiger partial charge is 0.477 e. The number of thioether (sulfide) groups is 1. The van der Waals surface area contributed by atoms with Crippen LogP contribution >= 0.6 is 23.3 Å². The maximum Gasteiger partial charge on any atom is 0.352 e. The van der Waals surface area contributed by atoms with Gasteiger partial charge in [0.25, 0.3) is 11.8 Å². The number of allylic oxidation sites excluding steroid dienone is 1. The molecule has 1 aromatic rings. The Morgan fingerprint density at radius 1 is 1.32 bits per heavy atom. The van der Waals surface area contributed by atoms with Gasteiger partial charge in [-0.05, 0) is 23.2 Å². The SMILES string of the molecule is Nc1nc(C(N=O)C(=O)NC2C(=O)N3C(C(=O)O)=C(C=C4CCN(CCNCCO)C4=O)CSC23)ns1. The molecule has 3 unspecified atom stereocenters. The van der Waals surface area contributed by atoms with E-state index >= 15 is 0 Å². The molecule has 3 aliphatic rings. The van der Waals surface area contributed by atoms with E-state index in [1.807, 2.05) is 0 Å². The van der Waals surface area contributed by atoms with Gasteiger partial charge < -0.3 is 31.5 Å².